The van der Waals surface area contributed by atoms with Crippen LogP contribution in [0.5, 0.6) is 0 Å². The molecule has 0 aliphatic carbocycles. The van der Waals surface area contributed by atoms with E-state index in [0.717, 1.165) is 12.0 Å². The summed E-state index contributed by atoms with van der Waals surface area (Å²) in [6.45, 7) is 7.35. The van der Waals surface area contributed by atoms with Crippen LogP contribution in [0, 0.1) is 29.9 Å². The normalized spacial score (nSPS) is 12.2. The fraction of sp³-hybridized carbons (Fsp3) is 0.444. The number of benzene rings is 1. The molecule has 0 radical (unpaired) electrons. The molecule has 25 heavy (non-hydrogen) atoms. The number of amides is 1. The Balaban J connectivity index is 2.14. The summed E-state index contributed by atoms with van der Waals surface area (Å²) in [4.78, 5) is 23.1. The van der Waals surface area contributed by atoms with E-state index in [1.807, 2.05) is 30.3 Å². The van der Waals surface area contributed by atoms with E-state index in [9.17, 15) is 14.9 Å². The minimum Gasteiger partial charge on any atom is -0.348 e. The third kappa shape index (κ3) is 4.65. The van der Waals surface area contributed by atoms with Gasteiger partial charge >= 0.3 is 5.69 Å². The van der Waals surface area contributed by atoms with E-state index in [0.29, 0.717) is 17.3 Å². The molecule has 0 aliphatic heterocycles. The molecule has 1 atom stereocenters. The lowest BCUT2D eigenvalue weighted by molar-refractivity contribution is -0.386. The van der Waals surface area contributed by atoms with Crippen LogP contribution >= 0.6 is 0 Å². The van der Waals surface area contributed by atoms with E-state index in [2.05, 4.69) is 24.3 Å². The van der Waals surface area contributed by atoms with Crippen molar-refractivity contribution < 1.29 is 9.72 Å². The van der Waals surface area contributed by atoms with Crippen LogP contribution in [0.1, 0.15) is 43.3 Å². The predicted octanol–water partition coefficient (Wildman–Crippen LogP) is 3.31. The van der Waals surface area contributed by atoms with Gasteiger partial charge in [-0.05, 0) is 31.7 Å². The molecule has 1 amide bonds. The van der Waals surface area contributed by atoms with Gasteiger partial charge in [0.2, 0.25) is 5.91 Å². The number of nitro groups is 1. The van der Waals surface area contributed by atoms with E-state index >= 15 is 0 Å². The van der Waals surface area contributed by atoms with Crippen molar-refractivity contribution in [3.05, 3.63) is 57.4 Å². The molecule has 2 aromatic rings. The van der Waals surface area contributed by atoms with Crippen molar-refractivity contribution >= 4 is 11.6 Å². The molecule has 0 bridgehead atoms. The Kier molecular flexibility index (Phi) is 5.90. The topological polar surface area (TPSA) is 90.1 Å². The van der Waals surface area contributed by atoms with Crippen molar-refractivity contribution in [2.75, 3.05) is 0 Å². The number of hydrogen-bond acceptors (Lipinski definition) is 4. The monoisotopic (exact) mass is 344 g/mol. The highest BCUT2D eigenvalue weighted by Gasteiger charge is 2.23. The van der Waals surface area contributed by atoms with Crippen LogP contribution in [0.2, 0.25) is 0 Å². The van der Waals surface area contributed by atoms with Gasteiger partial charge in [0.15, 0.2) is 0 Å². The first-order valence-corrected chi connectivity index (χ1v) is 8.32. The molecule has 2 rings (SSSR count). The Labute approximate surface area is 147 Å². The predicted molar refractivity (Wildman–Crippen MR) is 95.1 cm³/mol. The third-order valence-electron chi connectivity index (χ3n) is 4.06. The highest BCUT2D eigenvalue weighted by Crippen LogP contribution is 2.23. The molecule has 0 aliphatic rings. The summed E-state index contributed by atoms with van der Waals surface area (Å²) in [7, 11) is 0. The maximum Gasteiger partial charge on any atom is 0.312 e. The van der Waals surface area contributed by atoms with Crippen molar-refractivity contribution in [1.29, 1.82) is 0 Å². The summed E-state index contributed by atoms with van der Waals surface area (Å²) >= 11 is 0. The molecule has 7 heteroatoms. The molecule has 134 valence electrons. The van der Waals surface area contributed by atoms with E-state index in [1.54, 1.807) is 13.8 Å². The van der Waals surface area contributed by atoms with Crippen molar-refractivity contribution in [2.24, 2.45) is 5.92 Å². The Morgan fingerprint density at radius 1 is 1.28 bits per heavy atom. The van der Waals surface area contributed by atoms with Crippen molar-refractivity contribution in [2.45, 2.75) is 46.7 Å². The van der Waals surface area contributed by atoms with Crippen molar-refractivity contribution in [3.8, 4) is 0 Å². The van der Waals surface area contributed by atoms with Crippen LogP contribution in [0.15, 0.2) is 30.3 Å². The minimum atomic E-state index is -0.461. The highest BCUT2D eigenvalue weighted by atomic mass is 16.6. The van der Waals surface area contributed by atoms with Gasteiger partial charge in [0, 0.05) is 0 Å². The minimum absolute atomic E-state index is 0.0328. The van der Waals surface area contributed by atoms with Gasteiger partial charge in [0.05, 0.1) is 11.0 Å². The number of aromatic nitrogens is 2. The lowest BCUT2D eigenvalue weighted by Crippen LogP contribution is -2.32. The van der Waals surface area contributed by atoms with Crippen LogP contribution in [0.25, 0.3) is 0 Å². The molecular weight excluding hydrogens is 320 g/mol. The van der Waals surface area contributed by atoms with Crippen LogP contribution in [-0.4, -0.2) is 20.6 Å². The number of carbonyl (C=O) groups excluding carboxylic acids is 1. The first kappa shape index (κ1) is 18.6. The summed E-state index contributed by atoms with van der Waals surface area (Å²) in [5.41, 5.74) is 1.72. The first-order chi connectivity index (χ1) is 11.8. The van der Waals surface area contributed by atoms with Crippen molar-refractivity contribution in [3.63, 3.8) is 0 Å². The Morgan fingerprint density at radius 3 is 2.44 bits per heavy atom. The van der Waals surface area contributed by atoms with Gasteiger partial charge < -0.3 is 5.32 Å². The molecule has 7 nitrogen and oxygen atoms in total. The zero-order chi connectivity index (χ0) is 18.6. The first-order valence-electron chi connectivity index (χ1n) is 8.32. The molecule has 0 spiro atoms. The Morgan fingerprint density at radius 2 is 1.92 bits per heavy atom. The molecule has 1 aromatic carbocycles. The second-order valence-electron chi connectivity index (χ2n) is 6.59. The van der Waals surface area contributed by atoms with E-state index in [-0.39, 0.29) is 24.2 Å². The number of aryl methyl sites for hydroxylation is 1. The SMILES string of the molecule is Cc1nn(CC(=O)NC(CC(C)C)c2ccccc2)c(C)c1[N+](=O)[O-]. The zero-order valence-corrected chi connectivity index (χ0v) is 15.0. The quantitative estimate of drug-likeness (QED) is 0.616. The molecule has 1 aromatic heterocycles. The standard InChI is InChI=1S/C18H24N4O3/c1-12(2)10-16(15-8-6-5-7-9-15)19-17(23)11-21-14(4)18(22(24)25)13(3)20-21/h5-9,12,16H,10-11H2,1-4H3,(H,19,23). The van der Waals surface area contributed by atoms with Crippen LogP contribution in [0.4, 0.5) is 5.69 Å². The van der Waals surface area contributed by atoms with Gasteiger partial charge in [-0.25, -0.2) is 0 Å². The lowest BCUT2D eigenvalue weighted by Gasteiger charge is -2.21. The van der Waals surface area contributed by atoms with E-state index in [1.165, 1.54) is 4.68 Å². The van der Waals surface area contributed by atoms with Gasteiger partial charge in [-0.3, -0.25) is 19.6 Å². The molecule has 1 N–H and O–H groups in total. The van der Waals surface area contributed by atoms with Crippen LogP contribution < -0.4 is 5.32 Å². The smallest absolute Gasteiger partial charge is 0.312 e. The van der Waals surface area contributed by atoms with Gasteiger partial charge in [0.1, 0.15) is 17.9 Å². The van der Waals surface area contributed by atoms with Crippen LogP contribution in [-0.2, 0) is 11.3 Å². The van der Waals surface area contributed by atoms with Gasteiger partial charge in [-0.2, -0.15) is 5.10 Å². The molecule has 0 saturated heterocycles. The second-order valence-corrected chi connectivity index (χ2v) is 6.59. The fourth-order valence-corrected chi connectivity index (χ4v) is 2.92. The number of rotatable bonds is 7. The number of hydrogen-bond donors (Lipinski definition) is 1. The van der Waals surface area contributed by atoms with Crippen molar-refractivity contribution in [1.82, 2.24) is 15.1 Å². The Hall–Kier alpha value is -2.70. The molecule has 0 fully saturated rings. The maximum atomic E-state index is 12.5. The van der Waals surface area contributed by atoms with Gasteiger partial charge in [-0.15, -0.1) is 0 Å². The summed E-state index contributed by atoms with van der Waals surface area (Å²) in [5, 5.41) is 18.2. The average molecular weight is 344 g/mol. The Bertz CT molecular complexity index is 753. The van der Waals surface area contributed by atoms with Gasteiger partial charge in [0.25, 0.3) is 0 Å². The largest absolute Gasteiger partial charge is 0.348 e. The second kappa shape index (κ2) is 7.92. The summed E-state index contributed by atoms with van der Waals surface area (Å²) in [6, 6.07) is 9.70. The molecule has 0 saturated carbocycles. The lowest BCUT2D eigenvalue weighted by atomic mass is 9.97. The summed E-state index contributed by atoms with van der Waals surface area (Å²) in [5.74, 6) is 0.204. The number of nitrogens with zero attached hydrogens (tertiary/aromatic N) is 3. The van der Waals surface area contributed by atoms with Gasteiger partial charge in [-0.1, -0.05) is 44.2 Å². The third-order valence-corrected chi connectivity index (χ3v) is 4.06. The molecule has 1 unspecified atom stereocenters. The molecule has 1 heterocycles. The fourth-order valence-electron chi connectivity index (χ4n) is 2.92. The number of carbonyl (C=O) groups is 1. The van der Waals surface area contributed by atoms with Crippen LogP contribution in [0.3, 0.4) is 0 Å². The molecular formula is C18H24N4O3. The average Bonchev–Trinajstić information content (AvgIpc) is 2.81. The summed E-state index contributed by atoms with van der Waals surface area (Å²) < 4.78 is 1.39. The van der Waals surface area contributed by atoms with E-state index in [4.69, 9.17) is 0 Å². The number of nitrogens with one attached hydrogen (secondary N) is 1. The maximum absolute atomic E-state index is 12.5. The zero-order valence-electron chi connectivity index (χ0n) is 15.0. The highest BCUT2D eigenvalue weighted by molar-refractivity contribution is 5.76. The summed E-state index contributed by atoms with van der Waals surface area (Å²) in [6.07, 6.45) is 0.813. The van der Waals surface area contributed by atoms with E-state index < -0.39 is 4.92 Å².